The van der Waals surface area contributed by atoms with Crippen LogP contribution in [0.1, 0.15) is 10.4 Å². The summed E-state index contributed by atoms with van der Waals surface area (Å²) in [5, 5.41) is 12.3. The summed E-state index contributed by atoms with van der Waals surface area (Å²) >= 11 is 12.2. The monoisotopic (exact) mass is 589 g/mol. The van der Waals surface area contributed by atoms with E-state index in [-0.39, 0.29) is 33.7 Å². The number of benzene rings is 1. The summed E-state index contributed by atoms with van der Waals surface area (Å²) in [6.45, 7) is 2.04. The number of aromatic hydroxyl groups is 1. The van der Waals surface area contributed by atoms with Crippen molar-refractivity contribution in [2.24, 2.45) is 12.8 Å². The lowest BCUT2D eigenvalue weighted by atomic mass is 10.0. The highest BCUT2D eigenvalue weighted by molar-refractivity contribution is 6.34. The number of primary amides is 1. The van der Waals surface area contributed by atoms with Crippen molar-refractivity contribution in [3.05, 3.63) is 62.6 Å². The molecule has 0 atom stereocenters. The minimum Gasteiger partial charge on any atom is -0.505 e. The van der Waals surface area contributed by atoms with Gasteiger partial charge in [-0.25, -0.2) is 14.4 Å². The smallest absolute Gasteiger partial charge is 0.263 e. The lowest BCUT2D eigenvalue weighted by Gasteiger charge is -2.28. The number of carbonyl (C=O) groups is 2. The van der Waals surface area contributed by atoms with Gasteiger partial charge in [0.25, 0.3) is 11.5 Å². The van der Waals surface area contributed by atoms with Crippen LogP contribution in [0.25, 0.3) is 22.2 Å². The topological polar surface area (TPSA) is 158 Å². The summed E-state index contributed by atoms with van der Waals surface area (Å²) in [7, 11) is 1.45. The molecule has 4 aromatic rings. The summed E-state index contributed by atoms with van der Waals surface area (Å²) in [5.41, 5.74) is 4.45. The number of carbonyl (C=O) groups excluding carboxylic acids is 2. The van der Waals surface area contributed by atoms with Gasteiger partial charge in [0.05, 0.1) is 47.4 Å². The van der Waals surface area contributed by atoms with Crippen LogP contribution in [-0.4, -0.2) is 62.3 Å². The second kappa shape index (κ2) is 10.8. The molecule has 4 heterocycles. The van der Waals surface area contributed by atoms with Crippen molar-refractivity contribution in [3.63, 3.8) is 0 Å². The normalized spacial score (nSPS) is 13.6. The number of nitrogens with two attached hydrogens (primary N) is 1. The van der Waals surface area contributed by atoms with Gasteiger partial charge in [-0.05, 0) is 6.07 Å². The van der Waals surface area contributed by atoms with E-state index in [1.165, 1.54) is 34.9 Å². The van der Waals surface area contributed by atoms with Crippen molar-refractivity contribution in [2.45, 2.75) is 6.54 Å². The van der Waals surface area contributed by atoms with Gasteiger partial charge in [-0.2, -0.15) is 0 Å². The zero-order chi connectivity index (χ0) is 28.7. The first-order valence-electron chi connectivity index (χ1n) is 11.9. The number of fused-ring (bicyclic) bond motifs is 1. The highest BCUT2D eigenvalue weighted by Crippen LogP contribution is 2.39. The average molecular weight is 590 g/mol. The summed E-state index contributed by atoms with van der Waals surface area (Å²) in [6, 6.07) is 2.65. The van der Waals surface area contributed by atoms with Gasteiger partial charge in [-0.1, -0.05) is 23.2 Å². The molecule has 5 rings (SSSR count). The van der Waals surface area contributed by atoms with E-state index in [2.05, 4.69) is 15.3 Å². The summed E-state index contributed by atoms with van der Waals surface area (Å²) in [4.78, 5) is 48.7. The second-order valence-corrected chi connectivity index (χ2v) is 9.80. The standard InChI is InChI=1S/C25H22Cl2FN7O5/c1-33-11-31-24-19(25(33)39)14(12-6-13(23(29)38)22(37)20(27)21(12)28)9-35(24)10-18(36)32-16-7-17(30-8-15(16)26)34-2-4-40-5-3-34/h6-9,11,37H,2-5,10H2,1H3,(H2,29,38)(H,30,32,36). The Balaban J connectivity index is 1.54. The van der Waals surface area contributed by atoms with Gasteiger partial charge in [-0.15, -0.1) is 0 Å². The van der Waals surface area contributed by atoms with Crippen LogP contribution < -0.4 is 21.5 Å². The SMILES string of the molecule is Cn1cnc2c(c(-c3cc(C(N)=O)c(O)c(Cl)c3F)cn2CC(=O)Nc2cc(N3CCOCC3)ncc2Cl)c1=O. The van der Waals surface area contributed by atoms with Gasteiger partial charge >= 0.3 is 0 Å². The Bertz CT molecular complexity index is 1730. The van der Waals surface area contributed by atoms with E-state index in [1.807, 2.05) is 4.90 Å². The Labute approximate surface area is 235 Å². The van der Waals surface area contributed by atoms with Crippen molar-refractivity contribution in [2.75, 3.05) is 36.5 Å². The summed E-state index contributed by atoms with van der Waals surface area (Å²) in [5.74, 6) is -2.87. The predicted molar refractivity (Wildman–Crippen MR) is 146 cm³/mol. The molecule has 208 valence electrons. The first-order valence-corrected chi connectivity index (χ1v) is 12.7. The van der Waals surface area contributed by atoms with Gasteiger partial charge in [-0.3, -0.25) is 14.4 Å². The number of hydrogen-bond donors (Lipinski definition) is 3. The van der Waals surface area contributed by atoms with E-state index in [0.29, 0.717) is 37.8 Å². The number of anilines is 2. The van der Waals surface area contributed by atoms with Gasteiger partial charge in [0.2, 0.25) is 5.91 Å². The zero-order valence-electron chi connectivity index (χ0n) is 20.9. The Hall–Kier alpha value is -4.20. The maximum Gasteiger partial charge on any atom is 0.263 e. The summed E-state index contributed by atoms with van der Waals surface area (Å²) < 4.78 is 23.1. The van der Waals surface area contributed by atoms with Crippen LogP contribution in [0.2, 0.25) is 10.0 Å². The number of aromatic nitrogens is 4. The molecule has 1 aromatic carbocycles. The largest absolute Gasteiger partial charge is 0.505 e. The Morgan fingerprint density at radius 3 is 2.62 bits per heavy atom. The highest BCUT2D eigenvalue weighted by atomic mass is 35.5. The zero-order valence-corrected chi connectivity index (χ0v) is 22.5. The fraction of sp³-hybridized carbons (Fsp3) is 0.240. The molecule has 1 aliphatic heterocycles. The molecule has 4 N–H and O–H groups in total. The first kappa shape index (κ1) is 27.4. The molecule has 0 aliphatic carbocycles. The molecule has 0 unspecified atom stereocenters. The van der Waals surface area contributed by atoms with Crippen LogP contribution >= 0.6 is 23.2 Å². The number of nitrogens with zero attached hydrogens (tertiary/aromatic N) is 5. The minimum atomic E-state index is -1.09. The third kappa shape index (κ3) is 4.94. The minimum absolute atomic E-state index is 0.00468. The molecule has 12 nitrogen and oxygen atoms in total. The van der Waals surface area contributed by atoms with Crippen LogP contribution in [0.5, 0.6) is 5.75 Å². The number of amides is 2. The second-order valence-electron chi connectivity index (χ2n) is 9.01. The van der Waals surface area contributed by atoms with Crippen LogP contribution in [-0.2, 0) is 23.1 Å². The van der Waals surface area contributed by atoms with Crippen molar-refractivity contribution < 1.29 is 23.8 Å². The fourth-order valence-electron chi connectivity index (χ4n) is 4.42. The molecule has 0 radical (unpaired) electrons. The van der Waals surface area contributed by atoms with Crippen LogP contribution in [0, 0.1) is 5.82 Å². The quantitative estimate of drug-likeness (QED) is 0.309. The molecule has 0 spiro atoms. The molecule has 1 saturated heterocycles. The van der Waals surface area contributed by atoms with E-state index in [4.69, 9.17) is 33.7 Å². The van der Waals surface area contributed by atoms with Gasteiger partial charge < -0.3 is 34.9 Å². The molecule has 1 aliphatic rings. The van der Waals surface area contributed by atoms with Gasteiger partial charge in [0, 0.05) is 43.5 Å². The number of rotatable bonds is 6. The Morgan fingerprint density at radius 1 is 1.20 bits per heavy atom. The maximum atomic E-state index is 15.3. The fourth-order valence-corrected chi connectivity index (χ4v) is 4.78. The number of aryl methyl sites for hydroxylation is 1. The van der Waals surface area contributed by atoms with Crippen molar-refractivity contribution in [3.8, 4) is 16.9 Å². The van der Waals surface area contributed by atoms with Gasteiger partial charge in [0.15, 0.2) is 5.82 Å². The number of nitrogens with one attached hydrogen (secondary N) is 1. The summed E-state index contributed by atoms with van der Waals surface area (Å²) in [6.07, 6.45) is 4.03. The van der Waals surface area contributed by atoms with Crippen LogP contribution in [0.3, 0.4) is 0 Å². The molecule has 0 saturated carbocycles. The highest BCUT2D eigenvalue weighted by Gasteiger charge is 2.25. The maximum absolute atomic E-state index is 15.3. The molecule has 15 heteroatoms. The molecular weight excluding hydrogens is 568 g/mol. The van der Waals surface area contributed by atoms with Crippen LogP contribution in [0.15, 0.2) is 35.6 Å². The Kier molecular flexibility index (Phi) is 7.36. The number of hydrogen-bond acceptors (Lipinski definition) is 8. The van der Waals surface area contributed by atoms with Gasteiger partial charge in [0.1, 0.15) is 28.8 Å². The molecule has 1 fully saturated rings. The third-order valence-electron chi connectivity index (χ3n) is 6.44. The van der Waals surface area contributed by atoms with E-state index in [9.17, 15) is 19.5 Å². The molecule has 2 amide bonds. The third-order valence-corrected chi connectivity index (χ3v) is 7.08. The van der Waals surface area contributed by atoms with Crippen LogP contribution in [0.4, 0.5) is 15.9 Å². The van der Waals surface area contributed by atoms with E-state index in [0.717, 1.165) is 6.07 Å². The lowest BCUT2D eigenvalue weighted by molar-refractivity contribution is -0.116. The van der Waals surface area contributed by atoms with E-state index >= 15 is 4.39 Å². The molecular formula is C25H22Cl2FN7O5. The molecule has 40 heavy (non-hydrogen) atoms. The number of pyridine rings is 1. The van der Waals surface area contributed by atoms with Crippen molar-refractivity contribution in [1.82, 2.24) is 19.1 Å². The van der Waals surface area contributed by atoms with E-state index < -0.39 is 39.5 Å². The first-order chi connectivity index (χ1) is 19.1. The van der Waals surface area contributed by atoms with Crippen molar-refractivity contribution >= 4 is 57.6 Å². The van der Waals surface area contributed by atoms with E-state index in [1.54, 1.807) is 6.07 Å². The molecule has 3 aromatic heterocycles. The number of phenols is 1. The lowest BCUT2D eigenvalue weighted by Crippen LogP contribution is -2.36. The number of ether oxygens (including phenoxy) is 1. The number of morpholine rings is 1. The number of halogens is 3. The van der Waals surface area contributed by atoms with Crippen molar-refractivity contribution in [1.29, 1.82) is 0 Å². The molecule has 0 bridgehead atoms. The average Bonchev–Trinajstić information content (AvgIpc) is 3.29. The Morgan fingerprint density at radius 2 is 1.93 bits per heavy atom. The predicted octanol–water partition coefficient (Wildman–Crippen LogP) is 2.52.